The number of nitrogens with zero attached hydrogens (tertiary/aromatic N) is 1. The van der Waals surface area contributed by atoms with Crippen molar-refractivity contribution in [3.8, 4) is 17.0 Å². The molecular weight excluding hydrogens is 504 g/mol. The van der Waals surface area contributed by atoms with E-state index in [-0.39, 0.29) is 17.1 Å². The van der Waals surface area contributed by atoms with Gasteiger partial charge in [0, 0.05) is 23.7 Å². The van der Waals surface area contributed by atoms with Gasteiger partial charge in [0.15, 0.2) is 0 Å². The van der Waals surface area contributed by atoms with Gasteiger partial charge in [-0.15, -0.1) is 0 Å². The van der Waals surface area contributed by atoms with Crippen molar-refractivity contribution in [3.05, 3.63) is 58.6 Å². The molecule has 212 valence electrons. The highest BCUT2D eigenvalue weighted by atomic mass is 19.1. The predicted molar refractivity (Wildman–Crippen MR) is 148 cm³/mol. The summed E-state index contributed by atoms with van der Waals surface area (Å²) < 4.78 is 43.6. The van der Waals surface area contributed by atoms with Crippen molar-refractivity contribution in [2.45, 2.75) is 85.0 Å². The molecule has 0 aliphatic carbocycles. The number of benzene rings is 1. The van der Waals surface area contributed by atoms with E-state index in [1.54, 1.807) is 6.07 Å². The topological polar surface area (TPSA) is 78.6 Å². The van der Waals surface area contributed by atoms with Crippen molar-refractivity contribution >= 4 is 16.9 Å². The number of hydrogen-bond donors (Lipinski definition) is 0. The summed E-state index contributed by atoms with van der Waals surface area (Å²) in [6.07, 6.45) is 12.1. The molecule has 0 bridgehead atoms. The number of aromatic nitrogens is 1. The lowest BCUT2D eigenvalue weighted by atomic mass is 9.91. The minimum absolute atomic E-state index is 0.0633. The molecular formula is C31H39F2NO5. The second-order valence-corrected chi connectivity index (χ2v) is 10.6. The Balaban J connectivity index is 1.29. The van der Waals surface area contributed by atoms with E-state index in [1.165, 1.54) is 31.5 Å². The number of halogens is 2. The summed E-state index contributed by atoms with van der Waals surface area (Å²) >= 11 is 0. The third kappa shape index (κ3) is 9.44. The molecule has 2 heterocycles. The maximum absolute atomic E-state index is 13.6. The van der Waals surface area contributed by atoms with Crippen LogP contribution in [0.2, 0.25) is 0 Å². The molecule has 8 heteroatoms. The van der Waals surface area contributed by atoms with Crippen molar-refractivity contribution < 1.29 is 27.5 Å². The van der Waals surface area contributed by atoms with Gasteiger partial charge in [-0.05, 0) is 56.9 Å². The van der Waals surface area contributed by atoms with E-state index in [0.29, 0.717) is 30.1 Å². The first-order valence-corrected chi connectivity index (χ1v) is 13.9. The van der Waals surface area contributed by atoms with Crippen LogP contribution in [-0.4, -0.2) is 24.2 Å². The van der Waals surface area contributed by atoms with Crippen molar-refractivity contribution in [2.24, 2.45) is 5.41 Å². The number of rotatable bonds is 16. The van der Waals surface area contributed by atoms with Gasteiger partial charge in [-0.1, -0.05) is 51.9 Å². The van der Waals surface area contributed by atoms with E-state index in [2.05, 4.69) is 4.98 Å². The number of ether oxygens (including phenoxy) is 2. The second kappa shape index (κ2) is 14.8. The van der Waals surface area contributed by atoms with Crippen molar-refractivity contribution in [1.29, 1.82) is 0 Å². The van der Waals surface area contributed by atoms with Crippen LogP contribution in [0.1, 0.15) is 85.0 Å². The summed E-state index contributed by atoms with van der Waals surface area (Å²) in [5.74, 6) is -1.28. The van der Waals surface area contributed by atoms with Gasteiger partial charge in [-0.3, -0.25) is 4.79 Å². The van der Waals surface area contributed by atoms with Crippen LogP contribution in [0.5, 0.6) is 5.88 Å². The number of carbonyl (C=O) groups is 1. The van der Waals surface area contributed by atoms with Crippen molar-refractivity contribution in [1.82, 2.24) is 4.98 Å². The average Bonchev–Trinajstić information content (AvgIpc) is 2.90. The third-order valence-corrected chi connectivity index (χ3v) is 6.97. The average molecular weight is 544 g/mol. The zero-order valence-corrected chi connectivity index (χ0v) is 23.2. The van der Waals surface area contributed by atoms with Gasteiger partial charge in [0.05, 0.1) is 24.2 Å². The number of esters is 1. The lowest BCUT2D eigenvalue weighted by molar-refractivity contribution is -0.154. The highest BCUT2D eigenvalue weighted by molar-refractivity contribution is 5.81. The summed E-state index contributed by atoms with van der Waals surface area (Å²) in [7, 11) is 0. The molecule has 6 nitrogen and oxygen atoms in total. The molecule has 0 radical (unpaired) electrons. The van der Waals surface area contributed by atoms with Gasteiger partial charge in [0.2, 0.25) is 5.88 Å². The zero-order valence-electron chi connectivity index (χ0n) is 23.2. The standard InChI is InChI=1S/C31H39F2NO5/c1-4-31(2,3)30(36)38-15-13-11-9-7-5-6-8-10-12-14-37-28-20-27-23(21-34-28)18-26(29(35)39-27)22-16-24(32)19-25(33)17-22/h16-21H,4-15H2,1-3H3. The van der Waals surface area contributed by atoms with Gasteiger partial charge < -0.3 is 13.9 Å². The van der Waals surface area contributed by atoms with Crippen molar-refractivity contribution in [3.63, 3.8) is 0 Å². The first kappa shape index (κ1) is 30.3. The molecule has 0 N–H and O–H groups in total. The number of pyridine rings is 1. The van der Waals surface area contributed by atoms with Gasteiger partial charge in [-0.2, -0.15) is 0 Å². The van der Waals surface area contributed by atoms with E-state index in [0.717, 1.165) is 63.1 Å². The highest BCUT2D eigenvalue weighted by Crippen LogP contribution is 2.25. The first-order valence-electron chi connectivity index (χ1n) is 13.9. The Bertz CT molecular complexity index is 1270. The number of hydrogen-bond acceptors (Lipinski definition) is 6. The van der Waals surface area contributed by atoms with Crippen LogP contribution >= 0.6 is 0 Å². The van der Waals surface area contributed by atoms with Crippen LogP contribution in [0.15, 0.2) is 45.7 Å². The first-order chi connectivity index (χ1) is 18.7. The Labute approximate surface area is 228 Å². The smallest absolute Gasteiger partial charge is 0.344 e. The second-order valence-electron chi connectivity index (χ2n) is 10.6. The van der Waals surface area contributed by atoms with E-state index in [1.807, 2.05) is 20.8 Å². The molecule has 1 aromatic carbocycles. The Morgan fingerprint density at radius 2 is 1.46 bits per heavy atom. The zero-order chi connectivity index (χ0) is 28.3. The Morgan fingerprint density at radius 3 is 2.08 bits per heavy atom. The number of unbranched alkanes of at least 4 members (excludes halogenated alkanes) is 8. The molecule has 3 aromatic rings. The molecule has 0 aliphatic heterocycles. The lowest BCUT2D eigenvalue weighted by Gasteiger charge is -2.20. The van der Waals surface area contributed by atoms with E-state index >= 15 is 0 Å². The largest absolute Gasteiger partial charge is 0.478 e. The summed E-state index contributed by atoms with van der Waals surface area (Å²) in [4.78, 5) is 28.6. The van der Waals surface area contributed by atoms with Crippen LogP contribution in [0.3, 0.4) is 0 Å². The van der Waals surface area contributed by atoms with Crippen LogP contribution in [-0.2, 0) is 9.53 Å². The van der Waals surface area contributed by atoms with Gasteiger partial charge in [0.1, 0.15) is 17.2 Å². The molecule has 39 heavy (non-hydrogen) atoms. The van der Waals surface area contributed by atoms with Gasteiger partial charge in [0.25, 0.3) is 0 Å². The summed E-state index contributed by atoms with van der Waals surface area (Å²) in [5, 5.41) is 0.531. The number of carbonyl (C=O) groups excluding carboxylic acids is 1. The highest BCUT2D eigenvalue weighted by Gasteiger charge is 2.26. The lowest BCUT2D eigenvalue weighted by Crippen LogP contribution is -2.26. The van der Waals surface area contributed by atoms with Gasteiger partial charge >= 0.3 is 11.6 Å². The molecule has 0 amide bonds. The molecule has 0 fully saturated rings. The summed E-state index contributed by atoms with van der Waals surface area (Å²) in [6, 6.07) is 5.98. The Hall–Kier alpha value is -3.29. The molecule has 0 spiro atoms. The molecule has 2 aromatic heterocycles. The van der Waals surface area contributed by atoms with E-state index in [4.69, 9.17) is 13.9 Å². The fourth-order valence-electron chi connectivity index (χ4n) is 4.11. The van der Waals surface area contributed by atoms with E-state index in [9.17, 15) is 18.4 Å². The monoisotopic (exact) mass is 543 g/mol. The maximum Gasteiger partial charge on any atom is 0.344 e. The van der Waals surface area contributed by atoms with E-state index < -0.39 is 22.7 Å². The normalized spacial score (nSPS) is 11.6. The van der Waals surface area contributed by atoms with Gasteiger partial charge in [-0.25, -0.2) is 18.6 Å². The quantitative estimate of drug-likeness (QED) is 0.135. The van der Waals surface area contributed by atoms with Crippen LogP contribution in [0, 0.1) is 17.0 Å². The molecule has 0 saturated heterocycles. The third-order valence-electron chi connectivity index (χ3n) is 6.97. The SMILES string of the molecule is CCC(C)(C)C(=O)OCCCCCCCCCCCOc1cc2oc(=O)c(-c3cc(F)cc(F)c3)cc2cn1. The Morgan fingerprint density at radius 1 is 0.872 bits per heavy atom. The van der Waals surface area contributed by atoms with Crippen LogP contribution < -0.4 is 10.4 Å². The molecule has 0 saturated carbocycles. The summed E-state index contributed by atoms with van der Waals surface area (Å²) in [5.41, 5.74) is -0.612. The van der Waals surface area contributed by atoms with Crippen LogP contribution in [0.25, 0.3) is 22.1 Å². The molecule has 3 rings (SSSR count). The molecule has 0 unspecified atom stereocenters. The molecule has 0 atom stereocenters. The minimum Gasteiger partial charge on any atom is -0.478 e. The molecule has 0 aliphatic rings. The fraction of sp³-hybridized carbons (Fsp3) is 0.516. The number of fused-ring (bicyclic) bond motifs is 1. The maximum atomic E-state index is 13.6. The summed E-state index contributed by atoms with van der Waals surface area (Å²) in [6.45, 7) is 6.86. The predicted octanol–water partition coefficient (Wildman–Crippen LogP) is 8.00. The van der Waals surface area contributed by atoms with Crippen LogP contribution in [0.4, 0.5) is 8.78 Å². The van der Waals surface area contributed by atoms with Crippen molar-refractivity contribution in [2.75, 3.05) is 13.2 Å². The minimum atomic E-state index is -0.769. The Kier molecular flexibility index (Phi) is 11.4. The fourth-order valence-corrected chi connectivity index (χ4v) is 4.11.